The van der Waals surface area contributed by atoms with Crippen molar-refractivity contribution < 1.29 is 4.74 Å². The summed E-state index contributed by atoms with van der Waals surface area (Å²) in [6.45, 7) is 10.4. The second-order valence-electron chi connectivity index (χ2n) is 4.92. The molecule has 0 N–H and O–H groups in total. The molecule has 2 aromatic rings. The van der Waals surface area contributed by atoms with Gasteiger partial charge in [0, 0.05) is 6.42 Å². The van der Waals surface area contributed by atoms with Crippen LogP contribution in [0.1, 0.15) is 41.7 Å². The lowest BCUT2D eigenvalue weighted by Gasteiger charge is -2.11. The maximum atomic E-state index is 5.46. The van der Waals surface area contributed by atoms with Crippen molar-refractivity contribution in [1.29, 1.82) is 0 Å². The highest BCUT2D eigenvalue weighted by atomic mass is 16.5. The van der Waals surface area contributed by atoms with Crippen LogP contribution < -0.4 is 4.74 Å². The molecule has 0 aliphatic heterocycles. The maximum Gasteiger partial charge on any atom is 0.122 e. The number of rotatable bonds is 3. The van der Waals surface area contributed by atoms with Crippen molar-refractivity contribution in [2.45, 2.75) is 41.0 Å². The summed E-state index contributed by atoms with van der Waals surface area (Å²) in [5.41, 5.74) is 6.50. The molecule has 0 spiro atoms. The quantitative estimate of drug-likeness (QED) is 0.741. The first-order valence-corrected chi connectivity index (χ1v) is 7.30. The van der Waals surface area contributed by atoms with Crippen molar-refractivity contribution in [3.63, 3.8) is 0 Å². The van der Waals surface area contributed by atoms with Crippen LogP contribution in [0.15, 0.2) is 36.4 Å². The fraction of sp³-hybridized carbons (Fsp3) is 0.368. The van der Waals surface area contributed by atoms with Crippen molar-refractivity contribution >= 4 is 0 Å². The molecule has 1 heteroatoms. The van der Waals surface area contributed by atoms with Gasteiger partial charge in [0.25, 0.3) is 0 Å². The molecule has 108 valence electrons. The van der Waals surface area contributed by atoms with Crippen LogP contribution in [0.25, 0.3) is 0 Å². The zero-order valence-corrected chi connectivity index (χ0v) is 13.6. The van der Waals surface area contributed by atoms with Gasteiger partial charge < -0.3 is 4.74 Å². The van der Waals surface area contributed by atoms with Gasteiger partial charge in [-0.05, 0) is 49.1 Å². The van der Waals surface area contributed by atoms with Crippen LogP contribution in [-0.4, -0.2) is 7.11 Å². The molecule has 1 nitrogen and oxygen atoms in total. The molecule has 0 saturated heterocycles. The lowest BCUT2D eigenvalue weighted by molar-refractivity contribution is 0.410. The third-order valence-electron chi connectivity index (χ3n) is 3.32. The van der Waals surface area contributed by atoms with Crippen LogP contribution >= 0.6 is 0 Å². The first-order chi connectivity index (χ1) is 9.60. The van der Waals surface area contributed by atoms with Crippen molar-refractivity contribution in [3.8, 4) is 5.75 Å². The third-order valence-corrected chi connectivity index (χ3v) is 3.32. The van der Waals surface area contributed by atoms with Gasteiger partial charge in [0.15, 0.2) is 0 Å². The Morgan fingerprint density at radius 3 is 1.90 bits per heavy atom. The highest BCUT2D eigenvalue weighted by Gasteiger charge is 2.06. The molecule has 0 amide bonds. The van der Waals surface area contributed by atoms with Crippen LogP contribution in [-0.2, 0) is 6.42 Å². The van der Waals surface area contributed by atoms with E-state index in [4.69, 9.17) is 4.74 Å². The predicted octanol–water partition coefficient (Wildman–Crippen LogP) is 5.24. The SMILES string of the molecule is CC.COc1cc(C)ccc1Cc1ccc(C)cc1C. The molecule has 0 saturated carbocycles. The van der Waals surface area contributed by atoms with E-state index in [1.54, 1.807) is 7.11 Å². The second-order valence-corrected chi connectivity index (χ2v) is 4.92. The van der Waals surface area contributed by atoms with Crippen molar-refractivity contribution in [2.75, 3.05) is 7.11 Å². The monoisotopic (exact) mass is 270 g/mol. The lowest BCUT2D eigenvalue weighted by Crippen LogP contribution is -1.96. The zero-order valence-electron chi connectivity index (χ0n) is 13.6. The summed E-state index contributed by atoms with van der Waals surface area (Å²) in [7, 11) is 1.74. The molecule has 0 fully saturated rings. The highest BCUT2D eigenvalue weighted by molar-refractivity contribution is 5.42. The van der Waals surface area contributed by atoms with Crippen LogP contribution in [0.5, 0.6) is 5.75 Å². The van der Waals surface area contributed by atoms with E-state index in [1.807, 2.05) is 13.8 Å². The van der Waals surface area contributed by atoms with Gasteiger partial charge in [0.1, 0.15) is 5.75 Å². The fourth-order valence-corrected chi connectivity index (χ4v) is 2.25. The maximum absolute atomic E-state index is 5.46. The van der Waals surface area contributed by atoms with Gasteiger partial charge in [-0.3, -0.25) is 0 Å². The van der Waals surface area contributed by atoms with Crippen molar-refractivity contribution in [3.05, 3.63) is 64.2 Å². The predicted molar refractivity (Wildman–Crippen MR) is 87.8 cm³/mol. The van der Waals surface area contributed by atoms with Gasteiger partial charge >= 0.3 is 0 Å². The Morgan fingerprint density at radius 1 is 0.800 bits per heavy atom. The van der Waals surface area contributed by atoms with E-state index in [1.165, 1.54) is 27.8 Å². The Labute approximate surface area is 123 Å². The molecule has 2 aromatic carbocycles. The summed E-state index contributed by atoms with van der Waals surface area (Å²) >= 11 is 0. The summed E-state index contributed by atoms with van der Waals surface area (Å²) < 4.78 is 5.46. The molecular weight excluding hydrogens is 244 g/mol. The third kappa shape index (κ3) is 4.12. The molecule has 0 aromatic heterocycles. The Bertz CT molecular complexity index is 556. The normalized spacial score (nSPS) is 9.70. The summed E-state index contributed by atoms with van der Waals surface area (Å²) in [6.07, 6.45) is 0.926. The Morgan fingerprint density at radius 2 is 1.35 bits per heavy atom. The molecule has 0 bridgehead atoms. The molecule has 0 aliphatic rings. The molecule has 0 aliphatic carbocycles. The summed E-state index contributed by atoms with van der Waals surface area (Å²) in [6, 6.07) is 13.0. The second kappa shape index (κ2) is 7.74. The van der Waals surface area contributed by atoms with E-state index in [0.29, 0.717) is 0 Å². The lowest BCUT2D eigenvalue weighted by atomic mass is 9.98. The number of benzene rings is 2. The average molecular weight is 270 g/mol. The van der Waals surface area contributed by atoms with Gasteiger partial charge in [-0.15, -0.1) is 0 Å². The van der Waals surface area contributed by atoms with Gasteiger partial charge in [-0.2, -0.15) is 0 Å². The molecule has 0 atom stereocenters. The van der Waals surface area contributed by atoms with E-state index in [9.17, 15) is 0 Å². The van der Waals surface area contributed by atoms with Gasteiger partial charge in [0.2, 0.25) is 0 Å². The van der Waals surface area contributed by atoms with Crippen LogP contribution in [0.2, 0.25) is 0 Å². The zero-order chi connectivity index (χ0) is 15.1. The molecule has 2 rings (SSSR count). The largest absolute Gasteiger partial charge is 0.496 e. The number of hydrogen-bond donors (Lipinski definition) is 0. The van der Waals surface area contributed by atoms with Crippen molar-refractivity contribution in [1.82, 2.24) is 0 Å². The van der Waals surface area contributed by atoms with E-state index in [0.717, 1.165) is 12.2 Å². The molecule has 0 radical (unpaired) electrons. The number of methoxy groups -OCH3 is 1. The smallest absolute Gasteiger partial charge is 0.122 e. The topological polar surface area (TPSA) is 9.23 Å². The molecule has 0 heterocycles. The van der Waals surface area contributed by atoms with Crippen molar-refractivity contribution in [2.24, 2.45) is 0 Å². The average Bonchev–Trinajstić information content (AvgIpc) is 2.45. The van der Waals surface area contributed by atoms with Crippen LogP contribution in [0, 0.1) is 20.8 Å². The van der Waals surface area contributed by atoms with E-state index < -0.39 is 0 Å². The van der Waals surface area contributed by atoms with E-state index >= 15 is 0 Å². The minimum absolute atomic E-state index is 0.926. The minimum atomic E-state index is 0.926. The first kappa shape index (κ1) is 16.3. The summed E-state index contributed by atoms with van der Waals surface area (Å²) in [5.74, 6) is 0.981. The highest BCUT2D eigenvalue weighted by Crippen LogP contribution is 2.24. The molecular formula is C19H26O. The molecule has 0 unspecified atom stereocenters. The van der Waals surface area contributed by atoms with E-state index in [2.05, 4.69) is 57.2 Å². The standard InChI is InChI=1S/C17H20O.C2H6/c1-12-5-7-15(14(3)9-12)11-16-8-6-13(2)10-17(16)18-4;1-2/h5-10H,11H2,1-4H3;1-2H3. The Hall–Kier alpha value is -1.76. The van der Waals surface area contributed by atoms with E-state index in [-0.39, 0.29) is 0 Å². The van der Waals surface area contributed by atoms with Gasteiger partial charge in [-0.1, -0.05) is 49.7 Å². The first-order valence-electron chi connectivity index (χ1n) is 7.30. The minimum Gasteiger partial charge on any atom is -0.496 e. The fourth-order valence-electron chi connectivity index (χ4n) is 2.25. The van der Waals surface area contributed by atoms with Crippen LogP contribution in [0.3, 0.4) is 0 Å². The van der Waals surface area contributed by atoms with Gasteiger partial charge in [-0.25, -0.2) is 0 Å². The summed E-state index contributed by atoms with van der Waals surface area (Å²) in [4.78, 5) is 0. The number of aryl methyl sites for hydroxylation is 3. The number of hydrogen-bond acceptors (Lipinski definition) is 1. The molecule has 20 heavy (non-hydrogen) atoms. The Kier molecular flexibility index (Phi) is 6.30. The van der Waals surface area contributed by atoms with Gasteiger partial charge in [0.05, 0.1) is 7.11 Å². The number of ether oxygens (including phenoxy) is 1. The summed E-state index contributed by atoms with van der Waals surface area (Å²) in [5, 5.41) is 0. The van der Waals surface area contributed by atoms with Crippen LogP contribution in [0.4, 0.5) is 0 Å². The Balaban J connectivity index is 0.000000956.